The van der Waals surface area contributed by atoms with Gasteiger partial charge in [0, 0.05) is 24.0 Å². The normalized spacial score (nSPS) is 11.1. The molecule has 0 saturated heterocycles. The fourth-order valence-corrected chi connectivity index (χ4v) is 6.56. The first kappa shape index (κ1) is 28.1. The van der Waals surface area contributed by atoms with E-state index in [4.69, 9.17) is 9.97 Å². The van der Waals surface area contributed by atoms with Gasteiger partial charge in [-0.25, -0.2) is 9.97 Å². The molecular formula is C41H30N6. The van der Waals surface area contributed by atoms with Gasteiger partial charge < -0.3 is 14.5 Å². The second-order valence-corrected chi connectivity index (χ2v) is 11.5. The lowest BCUT2D eigenvalue weighted by Gasteiger charge is -2.16. The zero-order valence-electron chi connectivity index (χ0n) is 25.6. The average Bonchev–Trinajstić information content (AvgIpc) is 3.62. The van der Waals surface area contributed by atoms with Crippen LogP contribution in [0.2, 0.25) is 0 Å². The molecule has 6 heteroatoms. The molecule has 0 atom stereocenters. The Bertz CT molecular complexity index is 2370. The topological polar surface area (TPSA) is 71.5 Å². The molecule has 0 bridgehead atoms. The SMILES string of the molecule is N#Cc1c(-c2ccccc2)c(-c2ccccc2)n(Cc2ccccc2)c1Nc1ncnc2c1c1ccccc1n2Cc1ccccc1. The lowest BCUT2D eigenvalue weighted by molar-refractivity contribution is 0.821. The molecule has 0 aliphatic rings. The van der Waals surface area contributed by atoms with Crippen molar-refractivity contribution >= 4 is 33.6 Å². The molecule has 0 unspecified atom stereocenters. The van der Waals surface area contributed by atoms with Gasteiger partial charge in [0.1, 0.15) is 35.2 Å². The quantitative estimate of drug-likeness (QED) is 0.187. The summed E-state index contributed by atoms with van der Waals surface area (Å²) in [5.74, 6) is 1.34. The van der Waals surface area contributed by atoms with Crippen molar-refractivity contribution in [1.82, 2.24) is 19.1 Å². The molecule has 3 heterocycles. The smallest absolute Gasteiger partial charge is 0.146 e. The molecule has 1 N–H and O–H groups in total. The first-order chi connectivity index (χ1) is 23.3. The predicted octanol–water partition coefficient (Wildman–Crippen LogP) is 9.43. The highest BCUT2D eigenvalue weighted by Gasteiger charge is 2.27. The second-order valence-electron chi connectivity index (χ2n) is 11.5. The Labute approximate surface area is 272 Å². The van der Waals surface area contributed by atoms with Crippen LogP contribution in [0.1, 0.15) is 16.7 Å². The molecule has 0 amide bonds. The Kier molecular flexibility index (Phi) is 7.25. The summed E-state index contributed by atoms with van der Waals surface area (Å²) in [6, 6.07) is 52.2. The lowest BCUT2D eigenvalue weighted by atomic mass is 9.98. The Hall–Kier alpha value is -6.45. The van der Waals surface area contributed by atoms with Gasteiger partial charge >= 0.3 is 0 Å². The average molecular weight is 607 g/mol. The number of fused-ring (bicyclic) bond motifs is 3. The number of benzene rings is 5. The number of nitrogens with one attached hydrogen (secondary N) is 1. The largest absolute Gasteiger partial charge is 0.325 e. The van der Waals surface area contributed by atoms with E-state index in [1.165, 1.54) is 5.56 Å². The minimum atomic E-state index is 0.554. The van der Waals surface area contributed by atoms with Crippen LogP contribution in [-0.4, -0.2) is 19.1 Å². The molecule has 0 aliphatic carbocycles. The van der Waals surface area contributed by atoms with Gasteiger partial charge in [-0.2, -0.15) is 5.26 Å². The van der Waals surface area contributed by atoms with E-state index in [1.807, 2.05) is 66.7 Å². The van der Waals surface area contributed by atoms with Crippen LogP contribution in [0.15, 0.2) is 152 Å². The van der Waals surface area contributed by atoms with Crippen LogP contribution in [0, 0.1) is 11.3 Å². The zero-order chi connectivity index (χ0) is 31.6. The van der Waals surface area contributed by atoms with Gasteiger partial charge in [-0.15, -0.1) is 0 Å². The minimum absolute atomic E-state index is 0.554. The summed E-state index contributed by atoms with van der Waals surface area (Å²) in [5, 5.41) is 16.6. The number of rotatable bonds is 8. The summed E-state index contributed by atoms with van der Waals surface area (Å²) < 4.78 is 4.47. The second kappa shape index (κ2) is 12.2. The van der Waals surface area contributed by atoms with Gasteiger partial charge in [0.25, 0.3) is 0 Å². The van der Waals surface area contributed by atoms with Crippen LogP contribution in [0.25, 0.3) is 44.3 Å². The Balaban J connectivity index is 1.39. The van der Waals surface area contributed by atoms with Crippen LogP contribution in [0.3, 0.4) is 0 Å². The Morgan fingerprint density at radius 3 is 1.79 bits per heavy atom. The highest BCUT2D eigenvalue weighted by atomic mass is 15.2. The summed E-state index contributed by atoms with van der Waals surface area (Å²) in [6.45, 7) is 1.23. The fraction of sp³-hybridized carbons (Fsp3) is 0.0488. The molecule has 8 rings (SSSR count). The lowest BCUT2D eigenvalue weighted by Crippen LogP contribution is -2.08. The van der Waals surface area contributed by atoms with Crippen LogP contribution in [0.5, 0.6) is 0 Å². The van der Waals surface area contributed by atoms with Gasteiger partial charge in [0.05, 0.1) is 16.6 Å². The van der Waals surface area contributed by atoms with E-state index in [-0.39, 0.29) is 0 Å². The fourth-order valence-electron chi connectivity index (χ4n) is 6.56. The van der Waals surface area contributed by atoms with E-state index < -0.39 is 0 Å². The molecule has 0 aliphatic heterocycles. The molecule has 224 valence electrons. The van der Waals surface area contributed by atoms with Crippen molar-refractivity contribution in [1.29, 1.82) is 5.26 Å². The van der Waals surface area contributed by atoms with E-state index in [0.717, 1.165) is 49.9 Å². The first-order valence-corrected chi connectivity index (χ1v) is 15.6. The monoisotopic (exact) mass is 606 g/mol. The number of para-hydroxylation sites is 1. The standard InChI is InChI=1S/C41H30N6/c42-25-34-36(31-19-9-3-10-20-31)38(32-21-11-4-12-22-32)47(27-30-17-7-2-8-18-30)40(34)45-39-37-33-23-13-14-24-35(33)46(41(37)44-28-43-39)26-29-15-5-1-6-16-29/h1-24,28H,26-27H2,(H,43,44,45). The summed E-state index contributed by atoms with van der Waals surface area (Å²) in [7, 11) is 0. The highest BCUT2D eigenvalue weighted by Crippen LogP contribution is 2.44. The van der Waals surface area contributed by atoms with E-state index in [9.17, 15) is 5.26 Å². The highest BCUT2D eigenvalue weighted by molar-refractivity contribution is 6.12. The molecule has 8 aromatic rings. The molecule has 0 spiro atoms. The number of aromatic nitrogens is 4. The van der Waals surface area contributed by atoms with Gasteiger partial charge in [-0.3, -0.25) is 0 Å². The van der Waals surface area contributed by atoms with Crippen molar-refractivity contribution in [3.63, 3.8) is 0 Å². The molecule has 5 aromatic carbocycles. The van der Waals surface area contributed by atoms with Crippen LogP contribution in [0.4, 0.5) is 11.6 Å². The van der Waals surface area contributed by atoms with Crippen LogP contribution < -0.4 is 5.32 Å². The first-order valence-electron chi connectivity index (χ1n) is 15.6. The third-order valence-corrected chi connectivity index (χ3v) is 8.64. The van der Waals surface area contributed by atoms with Crippen molar-refractivity contribution in [2.24, 2.45) is 0 Å². The molecule has 47 heavy (non-hydrogen) atoms. The van der Waals surface area contributed by atoms with Gasteiger partial charge in [-0.05, 0) is 28.3 Å². The summed E-state index contributed by atoms with van der Waals surface area (Å²) in [6.07, 6.45) is 1.61. The number of hydrogen-bond acceptors (Lipinski definition) is 4. The third-order valence-electron chi connectivity index (χ3n) is 8.64. The van der Waals surface area contributed by atoms with E-state index in [2.05, 4.69) is 99.4 Å². The maximum absolute atomic E-state index is 10.9. The maximum Gasteiger partial charge on any atom is 0.146 e. The van der Waals surface area contributed by atoms with Crippen molar-refractivity contribution in [2.75, 3.05) is 5.32 Å². The number of nitrogens with zero attached hydrogens (tertiary/aromatic N) is 5. The molecule has 6 nitrogen and oxygen atoms in total. The van der Waals surface area contributed by atoms with Crippen LogP contribution >= 0.6 is 0 Å². The zero-order valence-corrected chi connectivity index (χ0v) is 25.6. The summed E-state index contributed by atoms with van der Waals surface area (Å²) in [5.41, 5.74) is 8.63. The van der Waals surface area contributed by atoms with Crippen molar-refractivity contribution < 1.29 is 0 Å². The Morgan fingerprint density at radius 2 is 1.15 bits per heavy atom. The molecular weight excluding hydrogens is 576 g/mol. The van der Waals surface area contributed by atoms with E-state index in [1.54, 1.807) is 6.33 Å². The van der Waals surface area contributed by atoms with Crippen LogP contribution in [-0.2, 0) is 13.1 Å². The maximum atomic E-state index is 10.9. The van der Waals surface area contributed by atoms with Gasteiger partial charge in [-0.1, -0.05) is 140 Å². The number of nitriles is 1. The molecule has 3 aromatic heterocycles. The van der Waals surface area contributed by atoms with Crippen molar-refractivity contribution in [3.05, 3.63) is 169 Å². The summed E-state index contributed by atoms with van der Waals surface area (Å²) >= 11 is 0. The molecule has 0 saturated carbocycles. The van der Waals surface area contributed by atoms with Crippen molar-refractivity contribution in [3.8, 4) is 28.5 Å². The van der Waals surface area contributed by atoms with Gasteiger partial charge in [0.15, 0.2) is 0 Å². The summed E-state index contributed by atoms with van der Waals surface area (Å²) in [4.78, 5) is 9.63. The Morgan fingerprint density at radius 1 is 0.596 bits per heavy atom. The number of anilines is 2. The van der Waals surface area contributed by atoms with Crippen molar-refractivity contribution in [2.45, 2.75) is 13.1 Å². The van der Waals surface area contributed by atoms with E-state index in [0.29, 0.717) is 30.3 Å². The minimum Gasteiger partial charge on any atom is -0.325 e. The van der Waals surface area contributed by atoms with E-state index >= 15 is 0 Å². The number of hydrogen-bond donors (Lipinski definition) is 1. The third kappa shape index (κ3) is 5.10. The van der Waals surface area contributed by atoms with Gasteiger partial charge in [0.2, 0.25) is 0 Å². The molecule has 0 radical (unpaired) electrons. The molecule has 0 fully saturated rings. The predicted molar refractivity (Wildman–Crippen MR) is 189 cm³/mol.